The van der Waals surface area contributed by atoms with Crippen molar-refractivity contribution < 1.29 is 14.3 Å². The quantitative estimate of drug-likeness (QED) is 0.143. The molecule has 0 unspecified atom stereocenters. The summed E-state index contributed by atoms with van der Waals surface area (Å²) in [6, 6.07) is 21.8. The third-order valence-corrected chi connectivity index (χ3v) is 7.58. The molecule has 0 fully saturated rings. The molecule has 0 radical (unpaired) electrons. The molecule has 0 aliphatic carbocycles. The molecule has 1 amide bonds. The van der Waals surface area contributed by atoms with Crippen molar-refractivity contribution in [2.24, 2.45) is 5.10 Å². The van der Waals surface area contributed by atoms with Crippen molar-refractivity contribution in [1.29, 1.82) is 5.26 Å². The van der Waals surface area contributed by atoms with Gasteiger partial charge in [0.1, 0.15) is 30.5 Å². The molecule has 0 bridgehead atoms. The number of hydrogen-bond acceptors (Lipinski definition) is 6. The lowest BCUT2D eigenvalue weighted by Gasteiger charge is -2.13. The number of fused-ring (bicyclic) bond motifs is 1. The van der Waals surface area contributed by atoms with Gasteiger partial charge in [-0.2, -0.15) is 10.4 Å². The van der Waals surface area contributed by atoms with E-state index in [0.29, 0.717) is 17.9 Å². The number of aryl methyl sites for hydroxylation is 1. The Labute approximate surface area is 252 Å². The number of aromatic nitrogens is 1. The SMILES string of the molecule is COCc1cc(C)n(CC(=O)N/N=C\c2cc(I)c(OCc3cccc4ccccc34)c(I)c2)c(=O)c1C#N. The zero-order valence-electron chi connectivity index (χ0n) is 21.2. The van der Waals surface area contributed by atoms with E-state index in [9.17, 15) is 14.9 Å². The lowest BCUT2D eigenvalue weighted by molar-refractivity contribution is -0.121. The van der Waals surface area contributed by atoms with Crippen molar-refractivity contribution in [3.05, 3.63) is 106 Å². The molecule has 0 spiro atoms. The largest absolute Gasteiger partial charge is 0.487 e. The number of methoxy groups -OCH3 is 1. The first-order valence-electron chi connectivity index (χ1n) is 11.8. The summed E-state index contributed by atoms with van der Waals surface area (Å²) in [5.41, 5.74) is 4.82. The molecule has 4 rings (SSSR count). The predicted molar refractivity (Wildman–Crippen MR) is 167 cm³/mol. The smallest absolute Gasteiger partial charge is 0.269 e. The molecule has 39 heavy (non-hydrogen) atoms. The average Bonchev–Trinajstić information content (AvgIpc) is 2.91. The molecule has 1 heterocycles. The molecule has 0 aliphatic heterocycles. The van der Waals surface area contributed by atoms with Gasteiger partial charge in [0.15, 0.2) is 0 Å². The molecule has 3 aromatic carbocycles. The summed E-state index contributed by atoms with van der Waals surface area (Å²) in [5.74, 6) is 0.296. The van der Waals surface area contributed by atoms with Crippen molar-refractivity contribution in [3.8, 4) is 11.8 Å². The summed E-state index contributed by atoms with van der Waals surface area (Å²) in [6.45, 7) is 2.02. The average molecular weight is 746 g/mol. The van der Waals surface area contributed by atoms with Gasteiger partial charge >= 0.3 is 0 Å². The fourth-order valence-corrected chi connectivity index (χ4v) is 6.27. The maximum absolute atomic E-state index is 12.7. The van der Waals surface area contributed by atoms with Gasteiger partial charge < -0.3 is 14.0 Å². The van der Waals surface area contributed by atoms with Crippen LogP contribution in [0.2, 0.25) is 0 Å². The van der Waals surface area contributed by atoms with E-state index >= 15 is 0 Å². The summed E-state index contributed by atoms with van der Waals surface area (Å²) in [5, 5.41) is 15.8. The highest BCUT2D eigenvalue weighted by Crippen LogP contribution is 2.30. The van der Waals surface area contributed by atoms with Gasteiger partial charge in [0, 0.05) is 18.4 Å². The number of nitrogens with zero attached hydrogens (tertiary/aromatic N) is 3. The lowest BCUT2D eigenvalue weighted by atomic mass is 10.1. The minimum Gasteiger partial charge on any atom is -0.487 e. The number of hydrazone groups is 1. The van der Waals surface area contributed by atoms with Gasteiger partial charge in [-0.15, -0.1) is 0 Å². The van der Waals surface area contributed by atoms with Crippen LogP contribution in [0, 0.1) is 25.4 Å². The fraction of sp³-hybridized carbons (Fsp3) is 0.172. The van der Waals surface area contributed by atoms with E-state index < -0.39 is 11.5 Å². The molecular weight excluding hydrogens is 722 g/mol. The van der Waals surface area contributed by atoms with Gasteiger partial charge in [-0.05, 0) is 92.2 Å². The number of amides is 1. The highest BCUT2D eigenvalue weighted by atomic mass is 127. The van der Waals surface area contributed by atoms with E-state index in [0.717, 1.165) is 29.4 Å². The number of rotatable bonds is 9. The Bertz CT molecular complexity index is 1650. The number of nitrogens with one attached hydrogen (secondary N) is 1. The number of benzene rings is 3. The van der Waals surface area contributed by atoms with Gasteiger partial charge in [-0.25, -0.2) is 5.43 Å². The topological polar surface area (TPSA) is 106 Å². The highest BCUT2D eigenvalue weighted by molar-refractivity contribution is 14.1. The summed E-state index contributed by atoms with van der Waals surface area (Å²) >= 11 is 4.45. The van der Waals surface area contributed by atoms with Gasteiger partial charge in [0.25, 0.3) is 11.5 Å². The van der Waals surface area contributed by atoms with Crippen LogP contribution in [0.3, 0.4) is 0 Å². The molecule has 0 atom stereocenters. The molecule has 0 saturated heterocycles. The minimum atomic E-state index is -0.535. The fourth-order valence-electron chi connectivity index (χ4n) is 4.14. The first-order valence-corrected chi connectivity index (χ1v) is 14.0. The van der Waals surface area contributed by atoms with Crippen molar-refractivity contribution in [3.63, 3.8) is 0 Å². The molecule has 10 heteroatoms. The molecule has 0 aliphatic rings. The van der Waals surface area contributed by atoms with Crippen LogP contribution < -0.4 is 15.7 Å². The molecule has 4 aromatic rings. The van der Waals surface area contributed by atoms with Crippen LogP contribution in [0.15, 0.2) is 70.6 Å². The van der Waals surface area contributed by atoms with Gasteiger partial charge in [-0.1, -0.05) is 42.5 Å². The lowest BCUT2D eigenvalue weighted by Crippen LogP contribution is -2.33. The third-order valence-electron chi connectivity index (χ3n) is 5.98. The summed E-state index contributed by atoms with van der Waals surface area (Å²) in [7, 11) is 1.49. The monoisotopic (exact) mass is 746 g/mol. The Morgan fingerprint density at radius 1 is 1.08 bits per heavy atom. The van der Waals surface area contributed by atoms with Crippen LogP contribution in [-0.2, 0) is 29.3 Å². The van der Waals surface area contributed by atoms with Crippen LogP contribution in [0.25, 0.3) is 10.8 Å². The van der Waals surface area contributed by atoms with E-state index in [1.807, 2.05) is 36.4 Å². The van der Waals surface area contributed by atoms with Crippen molar-refractivity contribution in [2.75, 3.05) is 7.11 Å². The maximum atomic E-state index is 12.7. The third kappa shape index (κ3) is 6.84. The molecule has 1 aromatic heterocycles. The highest BCUT2D eigenvalue weighted by Gasteiger charge is 2.15. The van der Waals surface area contributed by atoms with Gasteiger partial charge in [0.2, 0.25) is 0 Å². The van der Waals surface area contributed by atoms with Crippen LogP contribution in [-0.4, -0.2) is 23.8 Å². The molecular formula is C29H24I2N4O4. The Morgan fingerprint density at radius 2 is 1.79 bits per heavy atom. The number of halogens is 2. The van der Waals surface area contributed by atoms with Crippen LogP contribution in [0.4, 0.5) is 0 Å². The molecule has 198 valence electrons. The predicted octanol–water partition coefficient (Wildman–Crippen LogP) is 5.27. The molecule has 1 N–H and O–H groups in total. The van der Waals surface area contributed by atoms with E-state index in [4.69, 9.17) is 9.47 Å². The standard InChI is InChI=1S/C29H24I2N4O4/c1-18-10-22(16-38-2)24(13-32)29(37)35(18)15-27(36)34-33-14-19-11-25(30)28(26(31)12-19)39-17-21-8-5-7-20-6-3-4-9-23(20)21/h3-12,14H,15-17H2,1-2H3,(H,34,36)/b33-14-. The summed E-state index contributed by atoms with van der Waals surface area (Å²) < 4.78 is 14.3. The summed E-state index contributed by atoms with van der Waals surface area (Å²) in [6.07, 6.45) is 1.54. The van der Waals surface area contributed by atoms with E-state index in [1.54, 1.807) is 13.0 Å². The van der Waals surface area contributed by atoms with Gasteiger partial charge in [-0.3, -0.25) is 9.59 Å². The number of carbonyl (C=O) groups excluding carboxylic acids is 1. The van der Waals surface area contributed by atoms with Crippen LogP contribution >= 0.6 is 45.2 Å². The zero-order chi connectivity index (χ0) is 27.9. The van der Waals surface area contributed by atoms with E-state index in [-0.39, 0.29) is 18.7 Å². The number of carbonyl (C=O) groups is 1. The van der Waals surface area contributed by atoms with Crippen molar-refractivity contribution >= 4 is 68.1 Å². The second kappa shape index (κ2) is 13.2. The van der Waals surface area contributed by atoms with E-state index in [2.05, 4.69) is 80.0 Å². The number of pyridine rings is 1. The van der Waals surface area contributed by atoms with E-state index in [1.165, 1.54) is 23.3 Å². The number of ether oxygens (including phenoxy) is 2. The first kappa shape index (κ1) is 28.7. The molecule has 0 saturated carbocycles. The number of hydrogen-bond donors (Lipinski definition) is 1. The number of nitriles is 1. The van der Waals surface area contributed by atoms with Crippen LogP contribution in [0.5, 0.6) is 5.75 Å². The molecule has 8 nitrogen and oxygen atoms in total. The Morgan fingerprint density at radius 3 is 2.51 bits per heavy atom. The normalized spacial score (nSPS) is 11.1. The minimum absolute atomic E-state index is 0.0364. The van der Waals surface area contributed by atoms with Crippen LogP contribution in [0.1, 0.15) is 27.9 Å². The van der Waals surface area contributed by atoms with Crippen molar-refractivity contribution in [1.82, 2.24) is 9.99 Å². The Hall–Kier alpha value is -3.28. The summed E-state index contributed by atoms with van der Waals surface area (Å²) in [4.78, 5) is 25.2. The second-order valence-corrected chi connectivity index (χ2v) is 11.0. The maximum Gasteiger partial charge on any atom is 0.269 e. The second-order valence-electron chi connectivity index (χ2n) is 8.66. The first-order chi connectivity index (χ1) is 18.8. The Kier molecular flexibility index (Phi) is 9.71. The van der Waals surface area contributed by atoms with Gasteiger partial charge in [0.05, 0.1) is 20.0 Å². The zero-order valence-corrected chi connectivity index (χ0v) is 25.5. The van der Waals surface area contributed by atoms with Crippen molar-refractivity contribution in [2.45, 2.75) is 26.7 Å². The Balaban J connectivity index is 1.42.